The summed E-state index contributed by atoms with van der Waals surface area (Å²) < 4.78 is 6.59. The topological polar surface area (TPSA) is 84.7 Å². The Balaban J connectivity index is 1.62. The molecule has 1 aromatic rings. The first-order chi connectivity index (χ1) is 12.0. The van der Waals surface area contributed by atoms with Crippen LogP contribution in [0.1, 0.15) is 12.5 Å². The number of aryl methyl sites for hydroxylation is 1. The van der Waals surface area contributed by atoms with Crippen LogP contribution in [0, 0.1) is 12.8 Å². The third kappa shape index (κ3) is 3.65. The van der Waals surface area contributed by atoms with E-state index in [0.29, 0.717) is 55.8 Å². The lowest BCUT2D eigenvalue weighted by molar-refractivity contribution is -0.137. The fourth-order valence-corrected chi connectivity index (χ4v) is 4.07. The fraction of sp³-hybridized carbons (Fsp3) is 0.625. The van der Waals surface area contributed by atoms with Gasteiger partial charge in [-0.3, -0.25) is 14.2 Å². The van der Waals surface area contributed by atoms with Gasteiger partial charge in [0.1, 0.15) is 0 Å². The van der Waals surface area contributed by atoms with Gasteiger partial charge in [0.2, 0.25) is 5.91 Å². The van der Waals surface area contributed by atoms with E-state index in [4.69, 9.17) is 4.74 Å². The molecule has 25 heavy (non-hydrogen) atoms. The highest BCUT2D eigenvalue weighted by Crippen LogP contribution is 2.26. The van der Waals surface area contributed by atoms with Crippen LogP contribution < -0.4 is 5.56 Å². The van der Waals surface area contributed by atoms with E-state index >= 15 is 0 Å². The molecule has 8 nitrogen and oxygen atoms in total. The Kier molecular flexibility index (Phi) is 5.31. The molecule has 1 atom stereocenters. The van der Waals surface area contributed by atoms with Crippen LogP contribution in [-0.2, 0) is 16.1 Å². The zero-order valence-electron chi connectivity index (χ0n) is 14.4. The lowest BCUT2D eigenvalue weighted by atomic mass is 10.1. The average Bonchev–Trinajstić information content (AvgIpc) is 2.64. The number of fused-ring (bicyclic) bond motifs is 1. The predicted octanol–water partition coefficient (Wildman–Crippen LogP) is 0.574. The summed E-state index contributed by atoms with van der Waals surface area (Å²) in [6, 6.07) is 0. The van der Waals surface area contributed by atoms with Gasteiger partial charge in [-0.15, -0.1) is 0 Å². The number of carbonyl (C=O) groups excluding carboxylic acids is 2. The van der Waals surface area contributed by atoms with E-state index in [1.165, 1.54) is 11.8 Å². The summed E-state index contributed by atoms with van der Waals surface area (Å²) in [6.45, 7) is 6.15. The maximum Gasteiger partial charge on any atom is 0.409 e. The number of piperazine rings is 1. The van der Waals surface area contributed by atoms with Crippen LogP contribution in [0.3, 0.4) is 0 Å². The Hall–Kier alpha value is -2.03. The quantitative estimate of drug-likeness (QED) is 0.712. The van der Waals surface area contributed by atoms with Crippen molar-refractivity contribution >= 4 is 23.8 Å². The average molecular weight is 366 g/mol. The number of nitrogens with zero attached hydrogens (tertiary/aromatic N) is 4. The zero-order chi connectivity index (χ0) is 18.0. The van der Waals surface area contributed by atoms with Gasteiger partial charge in [0.15, 0.2) is 5.16 Å². The van der Waals surface area contributed by atoms with Gasteiger partial charge in [0.25, 0.3) is 5.56 Å². The van der Waals surface area contributed by atoms with Crippen molar-refractivity contribution in [3.8, 4) is 0 Å². The number of hydrogen-bond acceptors (Lipinski definition) is 6. The minimum atomic E-state index is -0.329. The first-order valence-corrected chi connectivity index (χ1v) is 9.39. The Morgan fingerprint density at radius 3 is 2.64 bits per heavy atom. The van der Waals surface area contributed by atoms with Crippen molar-refractivity contribution in [2.75, 3.05) is 38.5 Å². The summed E-state index contributed by atoms with van der Waals surface area (Å²) in [5.41, 5.74) is 0.502. The van der Waals surface area contributed by atoms with E-state index in [1.807, 2.05) is 0 Å². The molecule has 2 amide bonds. The number of rotatable bonds is 2. The summed E-state index contributed by atoms with van der Waals surface area (Å²) in [5, 5.41) is 0.673. The summed E-state index contributed by atoms with van der Waals surface area (Å²) in [4.78, 5) is 44.5. The van der Waals surface area contributed by atoms with Gasteiger partial charge in [0.05, 0.1) is 12.5 Å². The molecule has 2 aliphatic heterocycles. The molecule has 1 unspecified atom stereocenters. The summed E-state index contributed by atoms with van der Waals surface area (Å²) in [5.74, 6) is 0.412. The van der Waals surface area contributed by atoms with Crippen molar-refractivity contribution in [2.24, 2.45) is 5.92 Å². The minimum absolute atomic E-state index is 0.0371. The Labute approximate surface area is 150 Å². The SMILES string of the molecule is CCOC(=O)N1CCN(C(=O)C2CSc3ncc(C)c(=O)n3C2)CC1. The highest BCUT2D eigenvalue weighted by atomic mass is 32.2. The number of aromatic nitrogens is 2. The number of amides is 2. The van der Waals surface area contributed by atoms with Crippen LogP contribution in [0.2, 0.25) is 0 Å². The molecule has 2 aliphatic rings. The summed E-state index contributed by atoms with van der Waals surface area (Å²) in [7, 11) is 0. The number of hydrogen-bond donors (Lipinski definition) is 0. The third-order valence-electron chi connectivity index (χ3n) is 4.47. The molecule has 1 aromatic heterocycles. The van der Waals surface area contributed by atoms with E-state index in [9.17, 15) is 14.4 Å². The van der Waals surface area contributed by atoms with Crippen LogP contribution in [0.5, 0.6) is 0 Å². The third-order valence-corrected chi connectivity index (χ3v) is 5.62. The van der Waals surface area contributed by atoms with Gasteiger partial charge in [-0.2, -0.15) is 0 Å². The molecule has 0 aromatic carbocycles. The second-order valence-corrected chi connectivity index (χ2v) is 7.15. The molecule has 0 aliphatic carbocycles. The number of thioether (sulfide) groups is 1. The first kappa shape index (κ1) is 17.8. The minimum Gasteiger partial charge on any atom is -0.450 e. The zero-order valence-corrected chi connectivity index (χ0v) is 15.3. The molecule has 3 rings (SSSR count). The van der Waals surface area contributed by atoms with Gasteiger partial charge in [0, 0.05) is 50.2 Å². The molecule has 0 radical (unpaired) electrons. The molecule has 9 heteroatoms. The first-order valence-electron chi connectivity index (χ1n) is 8.41. The molecule has 1 saturated heterocycles. The van der Waals surface area contributed by atoms with E-state index < -0.39 is 0 Å². The van der Waals surface area contributed by atoms with Gasteiger partial charge >= 0.3 is 6.09 Å². The maximum absolute atomic E-state index is 12.8. The van der Waals surface area contributed by atoms with E-state index in [0.717, 1.165) is 0 Å². The summed E-state index contributed by atoms with van der Waals surface area (Å²) in [6.07, 6.45) is 1.25. The molecule has 0 saturated carbocycles. The standard InChI is InChI=1S/C16H22N4O4S/c1-3-24-16(23)19-6-4-18(5-7-19)14(22)12-9-20-13(21)11(2)8-17-15(20)25-10-12/h8,12H,3-7,9-10H2,1-2H3. The van der Waals surface area contributed by atoms with Crippen molar-refractivity contribution in [2.45, 2.75) is 25.5 Å². The van der Waals surface area contributed by atoms with Gasteiger partial charge in [-0.05, 0) is 13.8 Å². The highest BCUT2D eigenvalue weighted by Gasteiger charge is 2.32. The summed E-state index contributed by atoms with van der Waals surface area (Å²) >= 11 is 1.44. The highest BCUT2D eigenvalue weighted by molar-refractivity contribution is 7.99. The number of ether oxygens (including phenoxy) is 1. The lowest BCUT2D eigenvalue weighted by Gasteiger charge is -2.36. The fourth-order valence-electron chi connectivity index (χ4n) is 3.03. The maximum atomic E-state index is 12.8. The molecule has 3 heterocycles. The smallest absolute Gasteiger partial charge is 0.409 e. The molecule has 1 fully saturated rings. The van der Waals surface area contributed by atoms with Crippen molar-refractivity contribution in [1.82, 2.24) is 19.4 Å². The molecule has 0 N–H and O–H groups in total. The molecule has 0 spiro atoms. The Morgan fingerprint density at radius 1 is 1.28 bits per heavy atom. The van der Waals surface area contributed by atoms with Gasteiger partial charge in [-0.1, -0.05) is 11.8 Å². The largest absolute Gasteiger partial charge is 0.450 e. The molecular weight excluding hydrogens is 344 g/mol. The van der Waals surface area contributed by atoms with Gasteiger partial charge in [-0.25, -0.2) is 9.78 Å². The van der Waals surface area contributed by atoms with Crippen LogP contribution in [0.25, 0.3) is 0 Å². The molecule has 0 bridgehead atoms. The predicted molar refractivity (Wildman–Crippen MR) is 92.6 cm³/mol. The van der Waals surface area contributed by atoms with Crippen molar-refractivity contribution in [1.29, 1.82) is 0 Å². The second-order valence-electron chi connectivity index (χ2n) is 6.16. The van der Waals surface area contributed by atoms with E-state index in [-0.39, 0.29) is 23.5 Å². The number of carbonyl (C=O) groups is 2. The Bertz CT molecular complexity index is 727. The van der Waals surface area contributed by atoms with E-state index in [2.05, 4.69) is 4.98 Å². The van der Waals surface area contributed by atoms with Crippen molar-refractivity contribution in [3.63, 3.8) is 0 Å². The van der Waals surface area contributed by atoms with Gasteiger partial charge < -0.3 is 14.5 Å². The van der Waals surface area contributed by atoms with Crippen molar-refractivity contribution in [3.05, 3.63) is 22.1 Å². The Morgan fingerprint density at radius 2 is 1.96 bits per heavy atom. The van der Waals surface area contributed by atoms with Crippen molar-refractivity contribution < 1.29 is 14.3 Å². The molecule has 136 valence electrons. The van der Waals surface area contributed by atoms with E-state index in [1.54, 1.807) is 34.4 Å². The molecular formula is C16H22N4O4S. The normalized spacial score (nSPS) is 20.2. The van der Waals surface area contributed by atoms with Crippen LogP contribution in [0.4, 0.5) is 4.79 Å². The van der Waals surface area contributed by atoms with Crippen LogP contribution in [0.15, 0.2) is 16.1 Å². The second kappa shape index (κ2) is 7.47. The monoisotopic (exact) mass is 366 g/mol. The van der Waals surface area contributed by atoms with Crippen LogP contribution >= 0.6 is 11.8 Å². The van der Waals surface area contributed by atoms with Crippen LogP contribution in [-0.4, -0.2) is 69.9 Å². The lowest BCUT2D eigenvalue weighted by Crippen LogP contribution is -2.53.